The van der Waals surface area contributed by atoms with E-state index in [0.717, 1.165) is 20.2 Å². The summed E-state index contributed by atoms with van der Waals surface area (Å²) < 4.78 is 12.8. The molecule has 3 nitrogen and oxygen atoms in total. The van der Waals surface area contributed by atoms with Gasteiger partial charge in [0.15, 0.2) is 0 Å². The molecule has 0 bridgehead atoms. The summed E-state index contributed by atoms with van der Waals surface area (Å²) >= 11 is 0. The van der Waals surface area contributed by atoms with E-state index in [9.17, 15) is 4.39 Å². The zero-order valence-corrected chi connectivity index (χ0v) is 9.78. The number of hydrogen-bond acceptors (Lipinski definition) is 3. The summed E-state index contributed by atoms with van der Waals surface area (Å²) in [7, 11) is 1.00. The molecule has 1 aliphatic carbocycles. The molecular formula is C13H19FN2O. The van der Waals surface area contributed by atoms with Crippen LogP contribution in [0.15, 0.2) is 24.3 Å². The van der Waals surface area contributed by atoms with Crippen LogP contribution in [0.1, 0.15) is 6.99 Å². The van der Waals surface area contributed by atoms with Gasteiger partial charge in [0.2, 0.25) is 0 Å². The van der Waals surface area contributed by atoms with Crippen molar-refractivity contribution in [3.05, 3.63) is 35.6 Å². The van der Waals surface area contributed by atoms with Gasteiger partial charge in [-0.25, -0.2) is 4.39 Å². The van der Waals surface area contributed by atoms with Crippen molar-refractivity contribution in [2.24, 2.45) is 11.8 Å². The second kappa shape index (κ2) is 4.55. The molecule has 1 aliphatic heterocycles. The van der Waals surface area contributed by atoms with Crippen LogP contribution in [0, 0.1) is 23.1 Å². The molecule has 1 saturated carbocycles. The Balaban J connectivity index is 0.000000516. The van der Waals surface area contributed by atoms with Gasteiger partial charge in [0.25, 0.3) is 0 Å². The molecule has 3 atom stereocenters. The Hall–Kier alpha value is -1.26. The van der Waals surface area contributed by atoms with E-state index in [2.05, 4.69) is 5.32 Å². The quantitative estimate of drug-likeness (QED) is 0.682. The van der Waals surface area contributed by atoms with Crippen molar-refractivity contribution in [3.63, 3.8) is 0 Å². The molecule has 3 unspecified atom stereocenters. The molecule has 0 amide bonds. The first-order valence-electron chi connectivity index (χ1n) is 5.71. The van der Waals surface area contributed by atoms with Crippen LogP contribution >= 0.6 is 0 Å². The zero-order valence-electron chi connectivity index (χ0n) is 9.78. The maximum Gasteiger partial charge on any atom is 0.123 e. The number of aliphatic hydroxyl groups is 1. The minimum Gasteiger partial charge on any atom is -0.400 e. The topological polar surface area (TPSA) is 56.1 Å². The lowest BCUT2D eigenvalue weighted by molar-refractivity contribution is 0.399. The van der Waals surface area contributed by atoms with Gasteiger partial charge in [-0.05, 0) is 36.4 Å². The Kier molecular flexibility index (Phi) is 3.26. The third-order valence-electron chi connectivity index (χ3n) is 3.92. The van der Waals surface area contributed by atoms with Crippen LogP contribution < -0.4 is 5.32 Å². The summed E-state index contributed by atoms with van der Waals surface area (Å²) in [6, 6.07) is 6.75. The Morgan fingerprint density at radius 1 is 1.47 bits per heavy atom. The highest BCUT2D eigenvalue weighted by molar-refractivity contribution is 5.69. The lowest BCUT2D eigenvalue weighted by atomic mass is 9.93. The van der Waals surface area contributed by atoms with Gasteiger partial charge in [0, 0.05) is 26.4 Å². The molecule has 0 radical (unpaired) electrons. The highest BCUT2D eigenvalue weighted by atomic mass is 19.1. The normalized spacial score (nSPS) is 33.4. The number of aliphatic hydroxyl groups excluding tert-OH is 1. The first-order chi connectivity index (χ1) is 8.29. The molecule has 1 saturated heterocycles. The number of nitrogens with one attached hydrogen (secondary N) is 2. The van der Waals surface area contributed by atoms with Crippen LogP contribution in [0.25, 0.3) is 0 Å². The fourth-order valence-electron chi connectivity index (χ4n) is 3.08. The first kappa shape index (κ1) is 12.2. The molecule has 0 aromatic heterocycles. The molecule has 2 fully saturated rings. The molecule has 1 heterocycles. The highest BCUT2D eigenvalue weighted by Gasteiger charge is 2.66. The average molecular weight is 238 g/mol. The van der Waals surface area contributed by atoms with Crippen LogP contribution in [-0.2, 0) is 5.41 Å². The minimum absolute atomic E-state index is 0. The van der Waals surface area contributed by atoms with Gasteiger partial charge in [-0.1, -0.05) is 12.1 Å². The molecule has 2 aliphatic rings. The van der Waals surface area contributed by atoms with Crippen LogP contribution in [-0.4, -0.2) is 31.5 Å². The molecule has 0 spiro atoms. The van der Waals surface area contributed by atoms with Crippen LogP contribution in [0.4, 0.5) is 4.39 Å². The van der Waals surface area contributed by atoms with Gasteiger partial charge in [0.05, 0.1) is 0 Å². The number of halogens is 1. The smallest absolute Gasteiger partial charge is 0.123 e. The summed E-state index contributed by atoms with van der Waals surface area (Å²) in [6.07, 6.45) is 1.55. The summed E-state index contributed by atoms with van der Waals surface area (Å²) in [6.45, 7) is 1.90. The third-order valence-corrected chi connectivity index (χ3v) is 3.92. The Morgan fingerprint density at radius 2 is 2.12 bits per heavy atom. The number of benzene rings is 1. The predicted molar refractivity (Wildman–Crippen MR) is 67.0 cm³/mol. The Bertz CT molecular complexity index is 412. The second-order valence-corrected chi connectivity index (χ2v) is 4.48. The van der Waals surface area contributed by atoms with Crippen molar-refractivity contribution in [2.45, 2.75) is 5.41 Å². The zero-order chi connectivity index (χ0) is 12.5. The summed E-state index contributed by atoms with van der Waals surface area (Å²) in [4.78, 5) is 0. The van der Waals surface area contributed by atoms with E-state index in [0.29, 0.717) is 11.8 Å². The van der Waals surface area contributed by atoms with Crippen molar-refractivity contribution >= 4 is 6.21 Å². The van der Waals surface area contributed by atoms with E-state index in [1.807, 2.05) is 12.1 Å². The van der Waals surface area contributed by atoms with E-state index in [1.54, 1.807) is 6.21 Å². The van der Waals surface area contributed by atoms with Crippen LogP contribution in [0.5, 0.6) is 0 Å². The largest absolute Gasteiger partial charge is 0.400 e. The minimum atomic E-state index is -0.190. The number of piperidine rings is 1. The summed E-state index contributed by atoms with van der Waals surface area (Å²) in [5.41, 5.74) is 1.27. The Labute approximate surface area is 102 Å². The molecule has 3 rings (SSSR count). The van der Waals surface area contributed by atoms with Gasteiger partial charge in [-0.2, -0.15) is 0 Å². The van der Waals surface area contributed by atoms with Gasteiger partial charge in [0.1, 0.15) is 5.82 Å². The standard InChI is InChI=1S/C12H13FN2.CH4O.H2/c13-9-3-1-8(2-4-9)12-7-15-6-11(12)10(12)5-14;1-2;/h1-5,10-11,14-15H,6-7H2;2H,1H3;1H. The molecule has 94 valence electrons. The predicted octanol–water partition coefficient (Wildman–Crippen LogP) is 1.42. The van der Waals surface area contributed by atoms with Gasteiger partial charge >= 0.3 is 0 Å². The molecular weight excluding hydrogens is 219 g/mol. The summed E-state index contributed by atoms with van der Waals surface area (Å²) in [5.74, 6) is 0.703. The van der Waals surface area contributed by atoms with Gasteiger partial charge < -0.3 is 15.8 Å². The van der Waals surface area contributed by atoms with Gasteiger partial charge in [-0.3, -0.25) is 0 Å². The van der Waals surface area contributed by atoms with Crippen LogP contribution in [0.3, 0.4) is 0 Å². The summed E-state index contributed by atoms with van der Waals surface area (Å²) in [5, 5.41) is 17.8. The number of fused-ring (bicyclic) bond motifs is 1. The molecule has 3 N–H and O–H groups in total. The molecule has 4 heteroatoms. The van der Waals surface area contributed by atoms with E-state index < -0.39 is 0 Å². The lowest BCUT2D eigenvalue weighted by Gasteiger charge is -2.13. The fourth-order valence-corrected chi connectivity index (χ4v) is 3.08. The third kappa shape index (κ3) is 1.68. The lowest BCUT2D eigenvalue weighted by Crippen LogP contribution is -2.23. The van der Waals surface area contributed by atoms with Gasteiger partial charge in [-0.15, -0.1) is 0 Å². The average Bonchev–Trinajstić information content (AvgIpc) is 2.79. The van der Waals surface area contributed by atoms with Crippen molar-refractivity contribution in [1.82, 2.24) is 5.32 Å². The fraction of sp³-hybridized carbons (Fsp3) is 0.462. The second-order valence-electron chi connectivity index (χ2n) is 4.48. The van der Waals surface area contributed by atoms with Crippen LogP contribution in [0.2, 0.25) is 0 Å². The van der Waals surface area contributed by atoms with E-state index in [4.69, 9.17) is 10.5 Å². The SMILES string of the molecule is CO.N=CC1C2CNCC12c1ccc(F)cc1.[HH]. The maximum atomic E-state index is 12.8. The molecule has 1 aromatic rings. The van der Waals surface area contributed by atoms with Crippen molar-refractivity contribution in [3.8, 4) is 0 Å². The first-order valence-corrected chi connectivity index (χ1v) is 5.71. The van der Waals surface area contributed by atoms with Crippen molar-refractivity contribution in [2.75, 3.05) is 20.2 Å². The Morgan fingerprint density at radius 3 is 2.65 bits per heavy atom. The van der Waals surface area contributed by atoms with Crippen molar-refractivity contribution in [1.29, 1.82) is 5.41 Å². The number of rotatable bonds is 2. The highest BCUT2D eigenvalue weighted by Crippen LogP contribution is 2.60. The molecule has 17 heavy (non-hydrogen) atoms. The van der Waals surface area contributed by atoms with E-state index in [-0.39, 0.29) is 12.7 Å². The van der Waals surface area contributed by atoms with E-state index in [1.165, 1.54) is 17.7 Å². The van der Waals surface area contributed by atoms with Crippen molar-refractivity contribution < 1.29 is 10.9 Å². The monoisotopic (exact) mass is 238 g/mol. The number of hydrogen-bond donors (Lipinski definition) is 3. The maximum absolute atomic E-state index is 12.8. The molecule has 1 aromatic carbocycles. The van der Waals surface area contributed by atoms with E-state index >= 15 is 0 Å².